The van der Waals surface area contributed by atoms with Gasteiger partial charge in [-0.05, 0) is 31.4 Å². The van der Waals surface area contributed by atoms with Crippen LogP contribution in [-0.2, 0) is 11.3 Å². The molecule has 1 saturated heterocycles. The number of para-hydroxylation sites is 1. The van der Waals surface area contributed by atoms with Crippen LogP contribution >= 0.6 is 0 Å². The Balaban J connectivity index is 1.73. The van der Waals surface area contributed by atoms with E-state index >= 15 is 0 Å². The third-order valence-electron chi connectivity index (χ3n) is 6.10. The molecule has 0 saturated carbocycles. The quantitative estimate of drug-likeness (QED) is 0.597. The summed E-state index contributed by atoms with van der Waals surface area (Å²) in [5, 5.41) is 0.942. The van der Waals surface area contributed by atoms with Gasteiger partial charge in [0.15, 0.2) is 5.82 Å². The topological polar surface area (TPSA) is 82.5 Å². The smallest absolute Gasteiger partial charge is 0.256 e. The highest BCUT2D eigenvalue weighted by atomic mass is 16.2. The van der Waals surface area contributed by atoms with Gasteiger partial charge in [0.25, 0.3) is 5.91 Å². The summed E-state index contributed by atoms with van der Waals surface area (Å²) in [6, 6.07) is 11.2. The molecule has 33 heavy (non-hydrogen) atoms. The van der Waals surface area contributed by atoms with Gasteiger partial charge in [0.1, 0.15) is 5.82 Å². The fourth-order valence-corrected chi connectivity index (χ4v) is 4.19. The summed E-state index contributed by atoms with van der Waals surface area (Å²) in [4.78, 5) is 45.0. The van der Waals surface area contributed by atoms with Gasteiger partial charge in [-0.1, -0.05) is 18.2 Å². The standard InChI is InChI=1S/C25H30N6O2/c1-17(32)30(4)16-19-15-22(29(2)3)28-24(27-19)21-12-5-6-14-31(21)25(33)20-11-7-9-18-10-8-13-26-23(18)20/h7-11,13,15,21H,5-6,12,14,16H2,1-4H3. The Morgan fingerprint density at radius 1 is 1.09 bits per heavy atom. The van der Waals surface area contributed by atoms with Crippen molar-refractivity contribution in [3.63, 3.8) is 0 Å². The van der Waals surface area contributed by atoms with Crippen molar-refractivity contribution in [3.05, 3.63) is 59.7 Å². The van der Waals surface area contributed by atoms with Gasteiger partial charge >= 0.3 is 0 Å². The molecule has 0 N–H and O–H groups in total. The SMILES string of the molecule is CC(=O)N(C)Cc1cc(N(C)C)nc(C2CCCCN2C(=O)c2cccc3cccnc23)n1. The normalized spacial score (nSPS) is 16.0. The summed E-state index contributed by atoms with van der Waals surface area (Å²) in [5.41, 5.74) is 2.06. The molecule has 1 aliphatic rings. The summed E-state index contributed by atoms with van der Waals surface area (Å²) >= 11 is 0. The zero-order valence-electron chi connectivity index (χ0n) is 19.7. The minimum atomic E-state index is -0.230. The fourth-order valence-electron chi connectivity index (χ4n) is 4.19. The number of likely N-dealkylation sites (tertiary alicyclic amines) is 1. The van der Waals surface area contributed by atoms with E-state index in [-0.39, 0.29) is 17.9 Å². The molecule has 2 amide bonds. The molecule has 8 nitrogen and oxygen atoms in total. The fraction of sp³-hybridized carbons (Fsp3) is 0.400. The number of rotatable bonds is 5. The van der Waals surface area contributed by atoms with Crippen LogP contribution in [-0.4, -0.2) is 64.3 Å². The maximum absolute atomic E-state index is 13.7. The number of hydrogen-bond donors (Lipinski definition) is 0. The second kappa shape index (κ2) is 9.52. The summed E-state index contributed by atoms with van der Waals surface area (Å²) < 4.78 is 0. The van der Waals surface area contributed by atoms with Crippen molar-refractivity contribution in [2.75, 3.05) is 32.6 Å². The van der Waals surface area contributed by atoms with Crippen molar-refractivity contribution >= 4 is 28.5 Å². The van der Waals surface area contributed by atoms with Gasteiger partial charge in [0.2, 0.25) is 5.91 Å². The number of carbonyl (C=O) groups excluding carboxylic acids is 2. The highest BCUT2D eigenvalue weighted by molar-refractivity contribution is 6.05. The molecule has 1 unspecified atom stereocenters. The number of amides is 2. The molecular weight excluding hydrogens is 416 g/mol. The van der Waals surface area contributed by atoms with E-state index in [0.29, 0.717) is 30.0 Å². The molecule has 3 heterocycles. The Labute approximate surface area is 194 Å². The zero-order valence-corrected chi connectivity index (χ0v) is 19.7. The lowest BCUT2D eigenvalue weighted by atomic mass is 9.99. The maximum Gasteiger partial charge on any atom is 0.256 e. The molecule has 172 valence electrons. The number of hydrogen-bond acceptors (Lipinski definition) is 6. The van der Waals surface area contributed by atoms with Gasteiger partial charge in [-0.25, -0.2) is 9.97 Å². The van der Waals surface area contributed by atoms with Crippen LogP contribution in [0, 0.1) is 0 Å². The van der Waals surface area contributed by atoms with Crippen LogP contribution in [0.5, 0.6) is 0 Å². The highest BCUT2D eigenvalue weighted by Crippen LogP contribution is 2.32. The minimum absolute atomic E-state index is 0.0282. The lowest BCUT2D eigenvalue weighted by Gasteiger charge is -2.35. The molecule has 3 aromatic rings. The molecule has 1 aliphatic heterocycles. The van der Waals surface area contributed by atoms with E-state index in [1.807, 2.05) is 60.3 Å². The summed E-state index contributed by atoms with van der Waals surface area (Å²) in [7, 11) is 5.61. The summed E-state index contributed by atoms with van der Waals surface area (Å²) in [6.07, 6.45) is 4.45. The average Bonchev–Trinajstić information content (AvgIpc) is 2.83. The summed E-state index contributed by atoms with van der Waals surface area (Å²) in [5.74, 6) is 1.30. The Kier molecular flexibility index (Phi) is 6.53. The van der Waals surface area contributed by atoms with Crippen LogP contribution in [0.15, 0.2) is 42.6 Å². The molecule has 0 radical (unpaired) electrons. The monoisotopic (exact) mass is 446 g/mol. The van der Waals surface area contributed by atoms with Crippen LogP contribution in [0.3, 0.4) is 0 Å². The molecule has 0 aliphatic carbocycles. The van der Waals surface area contributed by atoms with Crippen LogP contribution < -0.4 is 4.90 Å². The highest BCUT2D eigenvalue weighted by Gasteiger charge is 2.32. The van der Waals surface area contributed by atoms with Gasteiger partial charge in [-0.2, -0.15) is 0 Å². The Morgan fingerprint density at radius 2 is 1.88 bits per heavy atom. The van der Waals surface area contributed by atoms with E-state index in [9.17, 15) is 9.59 Å². The molecule has 2 aromatic heterocycles. The van der Waals surface area contributed by atoms with Gasteiger partial charge < -0.3 is 14.7 Å². The number of anilines is 1. The van der Waals surface area contributed by atoms with Crippen molar-refractivity contribution in [1.29, 1.82) is 0 Å². The number of carbonyl (C=O) groups is 2. The Hall–Kier alpha value is -3.55. The van der Waals surface area contributed by atoms with Crippen molar-refractivity contribution in [2.24, 2.45) is 0 Å². The second-order valence-electron chi connectivity index (χ2n) is 8.74. The predicted octanol–water partition coefficient (Wildman–Crippen LogP) is 3.44. The Morgan fingerprint density at radius 3 is 2.64 bits per heavy atom. The number of aromatic nitrogens is 3. The largest absolute Gasteiger partial charge is 0.363 e. The lowest BCUT2D eigenvalue weighted by molar-refractivity contribution is -0.128. The molecule has 0 bridgehead atoms. The molecule has 0 spiro atoms. The van der Waals surface area contributed by atoms with E-state index in [1.54, 1.807) is 18.1 Å². The number of benzene rings is 1. The molecule has 8 heteroatoms. The van der Waals surface area contributed by atoms with Crippen LogP contribution in [0.4, 0.5) is 5.82 Å². The Bertz CT molecular complexity index is 1170. The van der Waals surface area contributed by atoms with Gasteiger partial charge in [-0.15, -0.1) is 0 Å². The number of fused-ring (bicyclic) bond motifs is 1. The predicted molar refractivity (Wildman–Crippen MR) is 128 cm³/mol. The van der Waals surface area contributed by atoms with Crippen molar-refractivity contribution < 1.29 is 9.59 Å². The van der Waals surface area contributed by atoms with Gasteiger partial charge in [-0.3, -0.25) is 14.6 Å². The second-order valence-corrected chi connectivity index (χ2v) is 8.74. The molecule has 1 atom stereocenters. The van der Waals surface area contributed by atoms with Crippen molar-refractivity contribution in [2.45, 2.75) is 38.8 Å². The van der Waals surface area contributed by atoms with E-state index < -0.39 is 0 Å². The first-order valence-corrected chi connectivity index (χ1v) is 11.3. The van der Waals surface area contributed by atoms with E-state index in [4.69, 9.17) is 9.97 Å². The first-order valence-electron chi connectivity index (χ1n) is 11.3. The molecular formula is C25H30N6O2. The summed E-state index contributed by atoms with van der Waals surface area (Å²) in [6.45, 7) is 2.57. The van der Waals surface area contributed by atoms with Crippen molar-refractivity contribution in [3.8, 4) is 0 Å². The van der Waals surface area contributed by atoms with Crippen LogP contribution in [0.1, 0.15) is 54.1 Å². The van der Waals surface area contributed by atoms with Gasteiger partial charge in [0, 0.05) is 52.3 Å². The number of piperidine rings is 1. The molecule has 1 aromatic carbocycles. The van der Waals surface area contributed by atoms with E-state index in [1.165, 1.54) is 6.92 Å². The zero-order chi connectivity index (χ0) is 23.5. The van der Waals surface area contributed by atoms with Crippen LogP contribution in [0.2, 0.25) is 0 Å². The maximum atomic E-state index is 13.7. The molecule has 1 fully saturated rings. The van der Waals surface area contributed by atoms with Crippen molar-refractivity contribution in [1.82, 2.24) is 24.8 Å². The third kappa shape index (κ3) is 4.79. The first kappa shape index (κ1) is 22.6. The number of nitrogens with zero attached hydrogens (tertiary/aromatic N) is 6. The molecule has 4 rings (SSSR count). The van der Waals surface area contributed by atoms with E-state index in [0.717, 1.165) is 36.2 Å². The third-order valence-corrected chi connectivity index (χ3v) is 6.10. The van der Waals surface area contributed by atoms with Crippen LogP contribution in [0.25, 0.3) is 10.9 Å². The minimum Gasteiger partial charge on any atom is -0.363 e. The first-order chi connectivity index (χ1) is 15.8. The lowest BCUT2D eigenvalue weighted by Crippen LogP contribution is -2.39. The number of pyridine rings is 1. The average molecular weight is 447 g/mol. The van der Waals surface area contributed by atoms with E-state index in [2.05, 4.69) is 4.98 Å². The van der Waals surface area contributed by atoms with Gasteiger partial charge in [0.05, 0.1) is 29.4 Å².